The Morgan fingerprint density at radius 3 is 2.48 bits per heavy atom. The highest BCUT2D eigenvalue weighted by molar-refractivity contribution is 6.01. The number of carbonyl (C=O) groups excluding carboxylic acids is 1. The van der Waals surface area contributed by atoms with Gasteiger partial charge in [-0.3, -0.25) is 4.79 Å². The Labute approximate surface area is 119 Å². The molecule has 0 bridgehead atoms. The topological polar surface area (TPSA) is 66.4 Å². The van der Waals surface area contributed by atoms with E-state index in [9.17, 15) is 18.4 Å². The van der Waals surface area contributed by atoms with Crippen LogP contribution in [0, 0.1) is 11.6 Å². The molecule has 0 aliphatic rings. The molecule has 0 aromatic heterocycles. The lowest BCUT2D eigenvalue weighted by molar-refractivity contribution is -0.115. The first-order valence-corrected chi connectivity index (χ1v) is 6.03. The molecular formula is C15H11F2NO3. The average molecular weight is 291 g/mol. The zero-order valence-corrected chi connectivity index (χ0v) is 10.8. The van der Waals surface area contributed by atoms with Gasteiger partial charge in [0.15, 0.2) is 0 Å². The molecule has 1 amide bonds. The molecule has 6 heteroatoms. The van der Waals surface area contributed by atoms with E-state index in [0.29, 0.717) is 5.56 Å². The van der Waals surface area contributed by atoms with E-state index in [-0.39, 0.29) is 12.0 Å². The van der Waals surface area contributed by atoms with Crippen LogP contribution in [0.25, 0.3) is 0 Å². The molecule has 2 aromatic carbocycles. The third-order valence-electron chi connectivity index (χ3n) is 2.76. The number of carboxylic acids is 1. The van der Waals surface area contributed by atoms with Crippen LogP contribution in [0.1, 0.15) is 15.9 Å². The average Bonchev–Trinajstić information content (AvgIpc) is 2.40. The minimum atomic E-state index is -1.35. The lowest BCUT2D eigenvalue weighted by Gasteiger charge is -2.09. The third-order valence-corrected chi connectivity index (χ3v) is 2.76. The Morgan fingerprint density at radius 1 is 1.10 bits per heavy atom. The summed E-state index contributed by atoms with van der Waals surface area (Å²) in [4.78, 5) is 22.8. The summed E-state index contributed by atoms with van der Waals surface area (Å²) >= 11 is 0. The van der Waals surface area contributed by atoms with Gasteiger partial charge in [0, 0.05) is 0 Å². The van der Waals surface area contributed by atoms with Crippen molar-refractivity contribution in [2.45, 2.75) is 6.42 Å². The first kappa shape index (κ1) is 14.6. The molecule has 0 atom stereocenters. The predicted molar refractivity (Wildman–Crippen MR) is 72.1 cm³/mol. The van der Waals surface area contributed by atoms with Crippen molar-refractivity contribution in [3.05, 3.63) is 65.2 Å². The monoisotopic (exact) mass is 291 g/mol. The van der Waals surface area contributed by atoms with Crippen molar-refractivity contribution in [1.82, 2.24) is 0 Å². The summed E-state index contributed by atoms with van der Waals surface area (Å²) in [6.07, 6.45) is -0.189. The Kier molecular flexibility index (Phi) is 4.27. The second-order valence-electron chi connectivity index (χ2n) is 4.32. The van der Waals surface area contributed by atoms with Crippen LogP contribution in [0.5, 0.6) is 0 Å². The van der Waals surface area contributed by atoms with Crippen molar-refractivity contribution < 1.29 is 23.5 Å². The highest BCUT2D eigenvalue weighted by atomic mass is 19.1. The van der Waals surface area contributed by atoms with Gasteiger partial charge < -0.3 is 10.4 Å². The van der Waals surface area contributed by atoms with Crippen LogP contribution in [0.2, 0.25) is 0 Å². The first-order chi connectivity index (χ1) is 9.97. The van der Waals surface area contributed by atoms with Crippen LogP contribution in [0.15, 0.2) is 42.5 Å². The normalized spacial score (nSPS) is 10.2. The molecule has 4 nitrogen and oxygen atoms in total. The van der Waals surface area contributed by atoms with E-state index in [1.54, 1.807) is 6.07 Å². The molecule has 2 rings (SSSR count). The quantitative estimate of drug-likeness (QED) is 0.910. The van der Waals surface area contributed by atoms with E-state index in [0.717, 1.165) is 6.07 Å². The SMILES string of the molecule is O=C(Cc1cccc(F)c1)Nc1c(F)cccc1C(=O)O. The minimum Gasteiger partial charge on any atom is -0.478 e. The van der Waals surface area contributed by atoms with E-state index >= 15 is 0 Å². The molecule has 0 unspecified atom stereocenters. The molecule has 108 valence electrons. The van der Waals surface area contributed by atoms with Crippen molar-refractivity contribution >= 4 is 17.6 Å². The van der Waals surface area contributed by atoms with Gasteiger partial charge in [0.05, 0.1) is 17.7 Å². The zero-order chi connectivity index (χ0) is 15.4. The Morgan fingerprint density at radius 2 is 1.81 bits per heavy atom. The molecule has 0 spiro atoms. The largest absolute Gasteiger partial charge is 0.478 e. The molecule has 0 heterocycles. The summed E-state index contributed by atoms with van der Waals surface area (Å²) in [6, 6.07) is 8.88. The fourth-order valence-electron chi connectivity index (χ4n) is 1.85. The molecule has 21 heavy (non-hydrogen) atoms. The number of amides is 1. The number of carboxylic acid groups (broad SMARTS) is 1. The van der Waals surface area contributed by atoms with Gasteiger partial charge in [-0.05, 0) is 29.8 Å². The number of hydrogen-bond acceptors (Lipinski definition) is 2. The lowest BCUT2D eigenvalue weighted by atomic mass is 10.1. The van der Waals surface area contributed by atoms with E-state index in [2.05, 4.69) is 5.32 Å². The Bertz CT molecular complexity index is 701. The number of anilines is 1. The fraction of sp³-hybridized carbons (Fsp3) is 0.0667. The van der Waals surface area contributed by atoms with Gasteiger partial charge in [0.1, 0.15) is 11.6 Å². The molecule has 0 saturated carbocycles. The van der Waals surface area contributed by atoms with Crippen LogP contribution < -0.4 is 5.32 Å². The summed E-state index contributed by atoms with van der Waals surface area (Å²) in [7, 11) is 0. The molecule has 0 fully saturated rings. The number of aromatic carboxylic acids is 1. The smallest absolute Gasteiger partial charge is 0.337 e. The predicted octanol–water partition coefficient (Wildman–Crippen LogP) is 2.84. The Balaban J connectivity index is 2.18. The van der Waals surface area contributed by atoms with E-state index in [4.69, 9.17) is 5.11 Å². The highest BCUT2D eigenvalue weighted by Gasteiger charge is 2.16. The molecule has 0 radical (unpaired) electrons. The maximum Gasteiger partial charge on any atom is 0.337 e. The second-order valence-corrected chi connectivity index (χ2v) is 4.32. The molecule has 2 N–H and O–H groups in total. The summed E-state index contributed by atoms with van der Waals surface area (Å²) in [5.74, 6) is -3.32. The van der Waals surface area contributed by atoms with Crippen molar-refractivity contribution in [2.75, 3.05) is 5.32 Å². The zero-order valence-electron chi connectivity index (χ0n) is 10.8. The number of carbonyl (C=O) groups is 2. The van der Waals surface area contributed by atoms with E-state index in [1.807, 2.05) is 0 Å². The molecule has 0 aliphatic heterocycles. The lowest BCUT2D eigenvalue weighted by Crippen LogP contribution is -2.18. The van der Waals surface area contributed by atoms with E-state index in [1.165, 1.54) is 30.3 Å². The minimum absolute atomic E-state index is 0.189. The van der Waals surface area contributed by atoms with Gasteiger partial charge in [-0.15, -0.1) is 0 Å². The van der Waals surface area contributed by atoms with Crippen molar-refractivity contribution in [2.24, 2.45) is 0 Å². The first-order valence-electron chi connectivity index (χ1n) is 6.03. The van der Waals surface area contributed by atoms with Crippen molar-refractivity contribution in [3.63, 3.8) is 0 Å². The van der Waals surface area contributed by atoms with Gasteiger partial charge in [0.25, 0.3) is 0 Å². The molecule has 2 aromatic rings. The summed E-state index contributed by atoms with van der Waals surface area (Å²) in [5.41, 5.74) is -0.338. The van der Waals surface area contributed by atoms with Crippen LogP contribution in [0.4, 0.5) is 14.5 Å². The van der Waals surface area contributed by atoms with Crippen LogP contribution >= 0.6 is 0 Å². The number of benzene rings is 2. The number of para-hydroxylation sites is 1. The van der Waals surface area contributed by atoms with Crippen LogP contribution in [-0.2, 0) is 11.2 Å². The van der Waals surface area contributed by atoms with E-state index < -0.39 is 29.2 Å². The maximum absolute atomic E-state index is 13.6. The molecule has 0 saturated heterocycles. The van der Waals surface area contributed by atoms with Gasteiger partial charge in [-0.2, -0.15) is 0 Å². The van der Waals surface area contributed by atoms with Gasteiger partial charge in [-0.25, -0.2) is 13.6 Å². The summed E-state index contributed by atoms with van der Waals surface area (Å²) in [5, 5.41) is 11.2. The maximum atomic E-state index is 13.6. The number of nitrogens with one attached hydrogen (secondary N) is 1. The summed E-state index contributed by atoms with van der Waals surface area (Å²) < 4.78 is 26.6. The fourth-order valence-corrected chi connectivity index (χ4v) is 1.85. The standard InChI is InChI=1S/C15H11F2NO3/c16-10-4-1-3-9(7-10)8-13(19)18-14-11(15(20)21)5-2-6-12(14)17/h1-7H,8H2,(H,18,19)(H,20,21). The van der Waals surface area contributed by atoms with Crippen molar-refractivity contribution in [1.29, 1.82) is 0 Å². The third kappa shape index (κ3) is 3.62. The van der Waals surface area contributed by atoms with Gasteiger partial charge >= 0.3 is 5.97 Å². The van der Waals surface area contributed by atoms with Crippen LogP contribution in [0.3, 0.4) is 0 Å². The molecular weight excluding hydrogens is 280 g/mol. The Hall–Kier alpha value is -2.76. The molecule has 0 aliphatic carbocycles. The number of halogens is 2. The number of rotatable bonds is 4. The summed E-state index contributed by atoms with van der Waals surface area (Å²) in [6.45, 7) is 0. The van der Waals surface area contributed by atoms with Gasteiger partial charge in [-0.1, -0.05) is 18.2 Å². The van der Waals surface area contributed by atoms with Gasteiger partial charge in [0.2, 0.25) is 5.91 Å². The highest BCUT2D eigenvalue weighted by Crippen LogP contribution is 2.20. The van der Waals surface area contributed by atoms with Crippen molar-refractivity contribution in [3.8, 4) is 0 Å². The van der Waals surface area contributed by atoms with Crippen LogP contribution in [-0.4, -0.2) is 17.0 Å². The number of hydrogen-bond donors (Lipinski definition) is 2. The second kappa shape index (κ2) is 6.13.